The van der Waals surface area contributed by atoms with Crippen LogP contribution in [0.3, 0.4) is 0 Å². The van der Waals surface area contributed by atoms with Crippen molar-refractivity contribution in [3.05, 3.63) is 0 Å². The molecule has 0 aromatic rings. The van der Waals surface area contributed by atoms with Crippen LogP contribution >= 0.6 is 12.4 Å². The van der Waals surface area contributed by atoms with Gasteiger partial charge in [0.2, 0.25) is 5.91 Å². The van der Waals surface area contributed by atoms with Crippen LogP contribution in [0.2, 0.25) is 0 Å². The lowest BCUT2D eigenvalue weighted by molar-refractivity contribution is -0.133. The molecule has 1 saturated heterocycles. The lowest BCUT2D eigenvalue weighted by Gasteiger charge is -2.29. The van der Waals surface area contributed by atoms with Gasteiger partial charge >= 0.3 is 0 Å². The van der Waals surface area contributed by atoms with Gasteiger partial charge in [-0.25, -0.2) is 0 Å². The normalized spacial score (nSPS) is 29.1. The largest absolute Gasteiger partial charge is 0.340 e. The van der Waals surface area contributed by atoms with E-state index in [-0.39, 0.29) is 12.4 Å². The number of hydrogen-bond donors (Lipinski definition) is 1. The molecule has 1 amide bonds. The Morgan fingerprint density at radius 3 is 2.50 bits per heavy atom. The molecule has 2 aliphatic rings. The molecule has 0 bridgehead atoms. The smallest absolute Gasteiger partial charge is 0.223 e. The summed E-state index contributed by atoms with van der Waals surface area (Å²) in [5, 5.41) is 0. The minimum Gasteiger partial charge on any atom is -0.340 e. The number of hydrogen-bond acceptors (Lipinski definition) is 2. The first-order valence-electron chi connectivity index (χ1n) is 8.11. The maximum atomic E-state index is 12.5. The molecule has 3 nitrogen and oxygen atoms in total. The summed E-state index contributed by atoms with van der Waals surface area (Å²) in [7, 11) is 0. The van der Waals surface area contributed by atoms with Gasteiger partial charge in [0.25, 0.3) is 0 Å². The fourth-order valence-electron chi connectivity index (χ4n) is 3.92. The summed E-state index contributed by atoms with van der Waals surface area (Å²) in [5.74, 6) is 2.21. The monoisotopic (exact) mass is 302 g/mol. The van der Waals surface area contributed by atoms with Gasteiger partial charge in [-0.2, -0.15) is 0 Å². The average Bonchev–Trinajstić information content (AvgIpc) is 2.81. The van der Waals surface area contributed by atoms with Crippen molar-refractivity contribution in [2.24, 2.45) is 23.5 Å². The van der Waals surface area contributed by atoms with Crippen molar-refractivity contribution in [2.45, 2.75) is 64.8 Å². The van der Waals surface area contributed by atoms with Gasteiger partial charge in [0, 0.05) is 19.0 Å². The molecule has 0 aromatic heterocycles. The summed E-state index contributed by atoms with van der Waals surface area (Å²) in [5.41, 5.74) is 5.74. The van der Waals surface area contributed by atoms with E-state index < -0.39 is 0 Å². The SMILES string of the molecule is CC(CC(=O)N1CC(CN)CC1C)C1CCCCC1.Cl. The Balaban J connectivity index is 0.00000200. The number of carbonyl (C=O) groups excluding carboxylic acids is 1. The summed E-state index contributed by atoms with van der Waals surface area (Å²) >= 11 is 0. The highest BCUT2D eigenvalue weighted by Gasteiger charge is 2.33. The van der Waals surface area contributed by atoms with Gasteiger partial charge in [-0.15, -0.1) is 12.4 Å². The number of likely N-dealkylation sites (tertiary alicyclic amines) is 1. The zero-order chi connectivity index (χ0) is 13.8. The lowest BCUT2D eigenvalue weighted by Crippen LogP contribution is -2.36. The number of halogens is 1. The highest BCUT2D eigenvalue weighted by atomic mass is 35.5. The van der Waals surface area contributed by atoms with Crippen molar-refractivity contribution < 1.29 is 4.79 Å². The van der Waals surface area contributed by atoms with Crippen molar-refractivity contribution in [2.75, 3.05) is 13.1 Å². The summed E-state index contributed by atoms with van der Waals surface area (Å²) in [6.07, 6.45) is 8.59. The molecule has 1 aliphatic heterocycles. The fourth-order valence-corrected chi connectivity index (χ4v) is 3.92. The minimum atomic E-state index is 0. The highest BCUT2D eigenvalue weighted by Crippen LogP contribution is 2.32. The first-order valence-corrected chi connectivity index (χ1v) is 8.11. The number of carbonyl (C=O) groups is 1. The highest BCUT2D eigenvalue weighted by molar-refractivity contribution is 5.85. The van der Waals surface area contributed by atoms with Crippen LogP contribution in [0.25, 0.3) is 0 Å². The predicted molar refractivity (Wildman–Crippen MR) is 85.9 cm³/mol. The summed E-state index contributed by atoms with van der Waals surface area (Å²) in [6, 6.07) is 0.389. The van der Waals surface area contributed by atoms with Crippen LogP contribution in [-0.4, -0.2) is 29.9 Å². The van der Waals surface area contributed by atoms with Gasteiger partial charge in [-0.3, -0.25) is 4.79 Å². The van der Waals surface area contributed by atoms with E-state index in [1.807, 2.05) is 0 Å². The predicted octanol–water partition coefficient (Wildman–Crippen LogP) is 3.21. The molecule has 20 heavy (non-hydrogen) atoms. The van der Waals surface area contributed by atoms with E-state index in [0.29, 0.717) is 30.3 Å². The number of rotatable bonds is 4. The molecule has 1 heterocycles. The van der Waals surface area contributed by atoms with Gasteiger partial charge in [0.1, 0.15) is 0 Å². The van der Waals surface area contributed by atoms with Crippen LogP contribution in [0.5, 0.6) is 0 Å². The molecule has 4 heteroatoms. The van der Waals surface area contributed by atoms with E-state index in [1.165, 1.54) is 32.1 Å². The van der Waals surface area contributed by atoms with Crippen LogP contribution in [0, 0.1) is 17.8 Å². The molecular formula is C16H31ClN2O. The second kappa shape index (κ2) is 8.23. The number of nitrogens with two attached hydrogens (primary N) is 1. The summed E-state index contributed by atoms with van der Waals surface area (Å²) < 4.78 is 0. The van der Waals surface area contributed by atoms with Crippen LogP contribution in [0.4, 0.5) is 0 Å². The van der Waals surface area contributed by atoms with Crippen LogP contribution < -0.4 is 5.73 Å². The molecule has 3 unspecified atom stereocenters. The minimum absolute atomic E-state index is 0. The third-order valence-electron chi connectivity index (χ3n) is 5.27. The van der Waals surface area contributed by atoms with Gasteiger partial charge in [-0.1, -0.05) is 39.0 Å². The Hall–Kier alpha value is -0.280. The van der Waals surface area contributed by atoms with E-state index in [2.05, 4.69) is 18.7 Å². The van der Waals surface area contributed by atoms with Crippen molar-refractivity contribution in [3.8, 4) is 0 Å². The number of nitrogens with zero attached hydrogens (tertiary/aromatic N) is 1. The molecule has 1 aliphatic carbocycles. The summed E-state index contributed by atoms with van der Waals surface area (Å²) in [4.78, 5) is 14.5. The second-order valence-corrected chi connectivity index (χ2v) is 6.81. The van der Waals surface area contributed by atoms with Crippen molar-refractivity contribution in [3.63, 3.8) is 0 Å². The van der Waals surface area contributed by atoms with Crippen LogP contribution in [-0.2, 0) is 4.79 Å². The third kappa shape index (κ3) is 4.36. The number of amides is 1. The Kier molecular flexibility index (Phi) is 7.32. The maximum absolute atomic E-state index is 12.5. The Labute approximate surface area is 130 Å². The lowest BCUT2D eigenvalue weighted by atomic mass is 9.79. The van der Waals surface area contributed by atoms with E-state index in [4.69, 9.17) is 5.73 Å². The molecular weight excluding hydrogens is 272 g/mol. The van der Waals surface area contributed by atoms with E-state index in [1.54, 1.807) is 0 Å². The second-order valence-electron chi connectivity index (χ2n) is 6.81. The molecule has 2 N–H and O–H groups in total. The molecule has 118 valence electrons. The topological polar surface area (TPSA) is 46.3 Å². The average molecular weight is 303 g/mol. The van der Waals surface area contributed by atoms with Crippen LogP contribution in [0.1, 0.15) is 58.8 Å². The molecule has 1 saturated carbocycles. The first kappa shape index (κ1) is 17.8. The quantitative estimate of drug-likeness (QED) is 0.867. The molecule has 2 fully saturated rings. The molecule has 0 aromatic carbocycles. The van der Waals surface area contributed by atoms with Gasteiger partial charge < -0.3 is 10.6 Å². The van der Waals surface area contributed by atoms with Crippen LogP contribution in [0.15, 0.2) is 0 Å². The molecule has 2 rings (SSSR count). The zero-order valence-electron chi connectivity index (χ0n) is 13.0. The van der Waals surface area contributed by atoms with Gasteiger partial charge in [0.15, 0.2) is 0 Å². The Morgan fingerprint density at radius 1 is 1.30 bits per heavy atom. The molecule has 0 radical (unpaired) electrons. The van der Waals surface area contributed by atoms with E-state index in [0.717, 1.165) is 25.3 Å². The molecule has 3 atom stereocenters. The van der Waals surface area contributed by atoms with Crippen molar-refractivity contribution in [1.29, 1.82) is 0 Å². The third-order valence-corrected chi connectivity index (χ3v) is 5.27. The fraction of sp³-hybridized carbons (Fsp3) is 0.938. The Bertz CT molecular complexity index is 305. The van der Waals surface area contributed by atoms with E-state index >= 15 is 0 Å². The van der Waals surface area contributed by atoms with Gasteiger partial charge in [0.05, 0.1) is 0 Å². The molecule has 0 spiro atoms. The standard InChI is InChI=1S/C16H30N2O.ClH/c1-12(15-6-4-3-5-7-15)8-16(19)18-11-14(10-17)9-13(18)2;/h12-15H,3-11,17H2,1-2H3;1H. The van der Waals surface area contributed by atoms with Crippen molar-refractivity contribution in [1.82, 2.24) is 4.90 Å². The Morgan fingerprint density at radius 2 is 1.95 bits per heavy atom. The van der Waals surface area contributed by atoms with Gasteiger partial charge in [-0.05, 0) is 37.6 Å². The maximum Gasteiger partial charge on any atom is 0.223 e. The van der Waals surface area contributed by atoms with E-state index in [9.17, 15) is 4.79 Å². The summed E-state index contributed by atoms with van der Waals surface area (Å²) in [6.45, 7) is 6.04. The van der Waals surface area contributed by atoms with Crippen molar-refractivity contribution >= 4 is 18.3 Å². The zero-order valence-corrected chi connectivity index (χ0v) is 13.8. The first-order chi connectivity index (χ1) is 9.11.